The highest BCUT2D eigenvalue weighted by molar-refractivity contribution is 5.99. The van der Waals surface area contributed by atoms with Gasteiger partial charge in [-0.3, -0.25) is 4.98 Å². The zero-order valence-electron chi connectivity index (χ0n) is 19.6. The smallest absolute Gasteiger partial charge is 0.130 e. The zero-order valence-corrected chi connectivity index (χ0v) is 19.6. The van der Waals surface area contributed by atoms with E-state index in [1.807, 2.05) is 48.6 Å². The topological polar surface area (TPSA) is 60.7 Å². The molecule has 3 heterocycles. The van der Waals surface area contributed by atoms with Gasteiger partial charge in [-0.15, -0.1) is 0 Å². The fraction of sp³-hybridized carbons (Fsp3) is 0.259. The number of aryl methyl sites for hydroxylation is 2. The molecule has 0 radical (unpaired) electrons. The summed E-state index contributed by atoms with van der Waals surface area (Å²) in [6.07, 6.45) is 11.0. The van der Waals surface area contributed by atoms with Gasteiger partial charge in [0.2, 0.25) is 0 Å². The Hall–Kier alpha value is -3.80. The summed E-state index contributed by atoms with van der Waals surface area (Å²) in [5.41, 5.74) is 9.84. The molecule has 170 valence electrons. The molecule has 0 fully saturated rings. The van der Waals surface area contributed by atoms with Crippen molar-refractivity contribution in [2.45, 2.75) is 32.9 Å². The molecule has 2 aromatic heterocycles. The van der Waals surface area contributed by atoms with Gasteiger partial charge in [0.25, 0.3) is 0 Å². The number of hydrogen-bond acceptors (Lipinski definition) is 5. The quantitative estimate of drug-likeness (QED) is 0.529. The predicted octanol–water partition coefficient (Wildman–Crippen LogP) is 5.07. The van der Waals surface area contributed by atoms with Crippen LogP contribution < -0.4 is 14.9 Å². The molecule has 1 atom stereocenters. The number of benzene rings is 1. The van der Waals surface area contributed by atoms with Gasteiger partial charge in [-0.25, -0.2) is 0 Å². The lowest BCUT2D eigenvalue weighted by Gasteiger charge is -2.10. The highest BCUT2D eigenvalue weighted by Crippen LogP contribution is 2.26. The second-order valence-corrected chi connectivity index (χ2v) is 8.16. The number of aromatic nitrogens is 2. The van der Waals surface area contributed by atoms with Crippen LogP contribution in [0.1, 0.15) is 34.6 Å². The number of nitrogens with zero attached hydrogens (tertiary/aromatic N) is 3. The Kier molecular flexibility index (Phi) is 6.93. The lowest BCUT2D eigenvalue weighted by molar-refractivity contribution is 0.299. The molecule has 1 N–H and O–H groups in total. The Morgan fingerprint density at radius 3 is 2.73 bits per heavy atom. The summed E-state index contributed by atoms with van der Waals surface area (Å²) in [5, 5.41) is 4.48. The summed E-state index contributed by atoms with van der Waals surface area (Å²) in [6, 6.07) is 14.0. The van der Waals surface area contributed by atoms with Gasteiger partial charge in [0.05, 0.1) is 24.6 Å². The van der Waals surface area contributed by atoms with Gasteiger partial charge < -0.3 is 19.5 Å². The summed E-state index contributed by atoms with van der Waals surface area (Å²) in [6.45, 7) is 4.68. The van der Waals surface area contributed by atoms with Crippen molar-refractivity contribution in [3.63, 3.8) is 0 Å². The van der Waals surface area contributed by atoms with Crippen LogP contribution in [-0.4, -0.2) is 28.4 Å². The summed E-state index contributed by atoms with van der Waals surface area (Å²) in [7, 11) is 3.76. The van der Waals surface area contributed by atoms with E-state index in [-0.39, 0.29) is 6.04 Å². The molecule has 1 unspecified atom stereocenters. The van der Waals surface area contributed by atoms with Gasteiger partial charge in [-0.1, -0.05) is 12.1 Å². The van der Waals surface area contributed by atoms with E-state index in [1.54, 1.807) is 13.3 Å². The average molecular weight is 443 g/mol. The molecule has 33 heavy (non-hydrogen) atoms. The number of hydrogen-bond donors (Lipinski definition) is 1. The number of rotatable bonds is 8. The van der Waals surface area contributed by atoms with Crippen LogP contribution in [0.5, 0.6) is 11.5 Å². The molecule has 4 rings (SSSR count). The van der Waals surface area contributed by atoms with Crippen LogP contribution in [0.25, 0.3) is 12.2 Å². The van der Waals surface area contributed by atoms with Crippen molar-refractivity contribution in [2.24, 2.45) is 12.1 Å². The Balaban J connectivity index is 1.36. The molecular formula is C27H30N4O2. The maximum Gasteiger partial charge on any atom is 0.130 e. The third-order valence-corrected chi connectivity index (χ3v) is 5.78. The first-order valence-electron chi connectivity index (χ1n) is 11.1. The van der Waals surface area contributed by atoms with Gasteiger partial charge in [0.15, 0.2) is 0 Å². The number of hydrazone groups is 1. The van der Waals surface area contributed by atoms with Crippen molar-refractivity contribution in [1.82, 2.24) is 15.0 Å². The van der Waals surface area contributed by atoms with Gasteiger partial charge in [0, 0.05) is 42.7 Å². The molecule has 0 amide bonds. The van der Waals surface area contributed by atoms with Crippen molar-refractivity contribution in [3.8, 4) is 11.5 Å². The Bertz CT molecular complexity index is 1190. The standard InChI is InChI=1S/C27H30N4O2/c1-19-15-20(2)31(3)26(19)13-11-23-16-22(29-30-23)10-8-21-9-12-25(17-27(21)32-4)33-18-24-7-5-6-14-28-24/h5-15,17,23,30H,16,18H2,1-4H3/b10-8+,13-11+. The van der Waals surface area contributed by atoms with E-state index in [9.17, 15) is 0 Å². The number of allylic oxidation sites excluding steroid dienone is 1. The Labute approximate surface area is 195 Å². The molecule has 0 aliphatic carbocycles. The van der Waals surface area contributed by atoms with E-state index < -0.39 is 0 Å². The molecule has 6 heteroatoms. The number of methoxy groups -OCH3 is 1. The van der Waals surface area contributed by atoms with E-state index in [0.717, 1.165) is 34.9 Å². The first kappa shape index (κ1) is 22.4. The molecule has 0 spiro atoms. The minimum atomic E-state index is 0.184. The SMILES string of the molecule is COc1cc(OCc2ccccn2)ccc1/C=C/C1=NNC(/C=C/c2c(C)cc(C)n2C)C1. The second kappa shape index (κ2) is 10.2. The Morgan fingerprint density at radius 2 is 2.00 bits per heavy atom. The maximum absolute atomic E-state index is 5.85. The van der Waals surface area contributed by atoms with Crippen molar-refractivity contribution in [1.29, 1.82) is 0 Å². The first-order chi connectivity index (χ1) is 16.0. The highest BCUT2D eigenvalue weighted by Gasteiger charge is 2.14. The van der Waals surface area contributed by atoms with Crippen LogP contribution in [-0.2, 0) is 13.7 Å². The van der Waals surface area contributed by atoms with Gasteiger partial charge in [-0.2, -0.15) is 5.10 Å². The summed E-state index contributed by atoms with van der Waals surface area (Å²) in [5.74, 6) is 1.49. The van der Waals surface area contributed by atoms with Crippen molar-refractivity contribution >= 4 is 17.9 Å². The van der Waals surface area contributed by atoms with Crippen LogP contribution in [0.4, 0.5) is 0 Å². The lowest BCUT2D eigenvalue weighted by Crippen LogP contribution is -2.15. The Morgan fingerprint density at radius 1 is 1.12 bits per heavy atom. The molecule has 0 bridgehead atoms. The first-order valence-corrected chi connectivity index (χ1v) is 11.1. The fourth-order valence-corrected chi connectivity index (χ4v) is 3.83. The van der Waals surface area contributed by atoms with Gasteiger partial charge >= 0.3 is 0 Å². The molecule has 1 aliphatic heterocycles. The number of ether oxygens (including phenoxy) is 2. The number of pyridine rings is 1. The summed E-state index contributed by atoms with van der Waals surface area (Å²) >= 11 is 0. The van der Waals surface area contributed by atoms with Crippen LogP contribution in [0.2, 0.25) is 0 Å². The normalized spacial score (nSPS) is 15.8. The monoisotopic (exact) mass is 442 g/mol. The van der Waals surface area contributed by atoms with Crippen LogP contribution >= 0.6 is 0 Å². The van der Waals surface area contributed by atoms with E-state index in [1.165, 1.54) is 17.0 Å². The van der Waals surface area contributed by atoms with Crippen molar-refractivity contribution < 1.29 is 9.47 Å². The minimum Gasteiger partial charge on any atom is -0.496 e. The van der Waals surface area contributed by atoms with Crippen LogP contribution in [0.3, 0.4) is 0 Å². The van der Waals surface area contributed by atoms with Crippen LogP contribution in [0, 0.1) is 13.8 Å². The largest absolute Gasteiger partial charge is 0.496 e. The average Bonchev–Trinajstić information content (AvgIpc) is 3.39. The number of nitrogens with one attached hydrogen (secondary N) is 1. The highest BCUT2D eigenvalue weighted by atomic mass is 16.5. The van der Waals surface area contributed by atoms with Crippen molar-refractivity contribution in [3.05, 3.63) is 89.0 Å². The summed E-state index contributed by atoms with van der Waals surface area (Å²) in [4.78, 5) is 4.28. The molecule has 1 aromatic carbocycles. The molecule has 3 aromatic rings. The van der Waals surface area contributed by atoms with E-state index in [4.69, 9.17) is 9.47 Å². The zero-order chi connectivity index (χ0) is 23.2. The predicted molar refractivity (Wildman–Crippen MR) is 133 cm³/mol. The van der Waals surface area contributed by atoms with Gasteiger partial charge in [0.1, 0.15) is 18.1 Å². The molecule has 0 saturated carbocycles. The molecule has 1 aliphatic rings. The maximum atomic E-state index is 5.85. The minimum absolute atomic E-state index is 0.184. The van der Waals surface area contributed by atoms with E-state index >= 15 is 0 Å². The molecular weight excluding hydrogens is 412 g/mol. The van der Waals surface area contributed by atoms with Crippen molar-refractivity contribution in [2.75, 3.05) is 7.11 Å². The third kappa shape index (κ3) is 5.52. The fourth-order valence-electron chi connectivity index (χ4n) is 3.83. The van der Waals surface area contributed by atoms with Crippen LogP contribution in [0.15, 0.2) is 65.9 Å². The summed E-state index contributed by atoms with van der Waals surface area (Å²) < 4.78 is 13.6. The van der Waals surface area contributed by atoms with E-state index in [2.05, 4.69) is 59.2 Å². The third-order valence-electron chi connectivity index (χ3n) is 5.78. The molecule has 0 saturated heterocycles. The second-order valence-electron chi connectivity index (χ2n) is 8.16. The lowest BCUT2D eigenvalue weighted by atomic mass is 10.1. The molecule has 6 nitrogen and oxygen atoms in total. The van der Waals surface area contributed by atoms with Gasteiger partial charge in [-0.05, 0) is 68.0 Å². The van der Waals surface area contributed by atoms with E-state index in [0.29, 0.717) is 6.61 Å².